The molecule has 0 fully saturated rings. The topological polar surface area (TPSA) is 64.4 Å². The molecule has 7 heteroatoms. The third-order valence-corrected chi connectivity index (χ3v) is 2.91. The fourth-order valence-electron chi connectivity index (χ4n) is 1.45. The Hall–Kier alpha value is -1.36. The molecular weight excluding hydrogens is 402 g/mol. The standard InChI is InChI=1S/C14H11BrN2O2.ClH.Ni/c15-12-6-7-13(18)11(8-12)9-16-17-14(19)10-4-2-1-3-5-10;;/h1-9,18H,(H,17,19);1H;/q;;+1. The molecule has 0 spiro atoms. The zero-order valence-corrected chi connectivity index (χ0v) is 14.0. The van der Waals surface area contributed by atoms with E-state index in [1.807, 2.05) is 6.07 Å². The average molecular weight is 414 g/mol. The second kappa shape index (κ2) is 9.56. The van der Waals surface area contributed by atoms with Crippen LogP contribution in [0.15, 0.2) is 58.1 Å². The maximum absolute atomic E-state index is 11.7. The Morgan fingerprint density at radius 1 is 1.24 bits per heavy atom. The zero-order valence-electron chi connectivity index (χ0n) is 10.6. The first-order valence-electron chi connectivity index (χ1n) is 5.68. The van der Waals surface area contributed by atoms with E-state index < -0.39 is 0 Å². The number of hydrazone groups is 1. The van der Waals surface area contributed by atoms with Crippen LogP contribution < -0.4 is 5.43 Å². The van der Waals surface area contributed by atoms with Gasteiger partial charge in [-0.1, -0.05) is 34.1 Å². The van der Waals surface area contributed by atoms with Crippen LogP contribution in [0.3, 0.4) is 0 Å². The molecule has 0 unspecified atom stereocenters. The quantitative estimate of drug-likeness (QED) is 0.356. The molecule has 1 amide bonds. The van der Waals surface area contributed by atoms with Crippen LogP contribution in [0, 0.1) is 0 Å². The van der Waals surface area contributed by atoms with Gasteiger partial charge >= 0.3 is 24.8 Å². The average Bonchev–Trinajstić information content (AvgIpc) is 2.53. The minimum atomic E-state index is -0.279. The van der Waals surface area contributed by atoms with E-state index in [-0.39, 0.29) is 5.91 Å². The van der Waals surface area contributed by atoms with E-state index in [0.717, 1.165) is 4.47 Å². The van der Waals surface area contributed by atoms with E-state index >= 15 is 0 Å². The van der Waals surface area contributed by atoms with Crippen molar-refractivity contribution in [2.75, 3.05) is 0 Å². The van der Waals surface area contributed by atoms with Crippen molar-refractivity contribution < 1.29 is 24.5 Å². The predicted molar refractivity (Wildman–Crippen MR) is 84.6 cm³/mol. The number of benzene rings is 2. The number of halogens is 2. The summed E-state index contributed by atoms with van der Waals surface area (Å²) in [6, 6.07) is 14.0. The fraction of sp³-hybridized carbons (Fsp3) is 0. The van der Waals surface area contributed by atoms with Crippen LogP contribution in [0.1, 0.15) is 15.9 Å². The van der Waals surface area contributed by atoms with Gasteiger partial charge < -0.3 is 5.11 Å². The molecule has 0 heterocycles. The number of carbonyl (C=O) groups excluding carboxylic acids is 1. The van der Waals surface area contributed by atoms with Crippen molar-refractivity contribution in [1.82, 2.24) is 5.43 Å². The summed E-state index contributed by atoms with van der Waals surface area (Å²) < 4.78 is 0.860. The van der Waals surface area contributed by atoms with E-state index in [4.69, 9.17) is 5.11 Å². The molecule has 0 atom stereocenters. The van der Waals surface area contributed by atoms with Crippen molar-refractivity contribution in [3.8, 4) is 5.75 Å². The molecule has 0 aliphatic carbocycles. The van der Waals surface area contributed by atoms with Gasteiger partial charge in [-0.2, -0.15) is 5.10 Å². The summed E-state index contributed by atoms with van der Waals surface area (Å²) in [6.45, 7) is 0. The van der Waals surface area contributed by atoms with Crippen LogP contribution in [0.2, 0.25) is 0 Å². The Labute approximate surface area is 143 Å². The van der Waals surface area contributed by atoms with E-state index in [2.05, 4.69) is 51.2 Å². The van der Waals surface area contributed by atoms with Crippen molar-refractivity contribution >= 4 is 38.2 Å². The molecule has 0 aromatic heterocycles. The van der Waals surface area contributed by atoms with Gasteiger partial charge in [0.15, 0.2) is 0 Å². The summed E-state index contributed by atoms with van der Waals surface area (Å²) in [6.07, 6.45) is 1.45. The number of rotatable bonds is 3. The summed E-state index contributed by atoms with van der Waals surface area (Å²) >= 11 is 6.67. The molecule has 2 aromatic carbocycles. The Morgan fingerprint density at radius 3 is 2.57 bits per heavy atom. The number of hydrogen-bond donors (Lipinski definition) is 1. The van der Waals surface area contributed by atoms with Gasteiger partial charge in [0.2, 0.25) is 0 Å². The maximum atomic E-state index is 11.7. The van der Waals surface area contributed by atoms with Gasteiger partial charge in [0, 0.05) is 16.1 Å². The SMILES string of the molecule is O=C(NN=Cc1cc(Br)ccc1[OH2+])c1ccccc1.[Cl][Ni]. The first-order chi connectivity index (χ1) is 10.2. The molecule has 0 bridgehead atoms. The first kappa shape index (κ1) is 17.7. The first-order valence-corrected chi connectivity index (χ1v) is 7.83. The fourth-order valence-corrected chi connectivity index (χ4v) is 1.83. The van der Waals surface area contributed by atoms with Gasteiger partial charge in [0.1, 0.15) is 0 Å². The van der Waals surface area contributed by atoms with Crippen LogP contribution in [0.25, 0.3) is 0 Å². The summed E-state index contributed by atoms with van der Waals surface area (Å²) in [7, 11) is 4.26. The normalized spacial score (nSPS) is 9.90. The van der Waals surface area contributed by atoms with E-state index in [1.165, 1.54) is 6.21 Å². The molecule has 0 aliphatic heterocycles. The number of carbonyl (C=O) groups is 1. The second-order valence-electron chi connectivity index (χ2n) is 3.80. The Bertz CT molecular complexity index is 624. The molecular formula is C14H12BrClN2NiO2+. The van der Waals surface area contributed by atoms with Crippen LogP contribution in [-0.2, 0) is 14.6 Å². The molecule has 3 N–H and O–H groups in total. The summed E-state index contributed by atoms with van der Waals surface area (Å²) in [4.78, 5) is 11.7. The predicted octanol–water partition coefficient (Wildman–Crippen LogP) is 3.34. The van der Waals surface area contributed by atoms with Crippen LogP contribution in [-0.4, -0.2) is 17.2 Å². The van der Waals surface area contributed by atoms with E-state index in [1.54, 1.807) is 42.5 Å². The van der Waals surface area contributed by atoms with Crippen molar-refractivity contribution in [2.24, 2.45) is 5.10 Å². The second-order valence-corrected chi connectivity index (χ2v) is 4.71. The van der Waals surface area contributed by atoms with Crippen molar-refractivity contribution in [3.05, 3.63) is 64.1 Å². The Morgan fingerprint density at radius 2 is 1.90 bits per heavy atom. The molecule has 4 nitrogen and oxygen atoms in total. The molecule has 0 saturated heterocycles. The molecule has 2 rings (SSSR count). The summed E-state index contributed by atoms with van der Waals surface area (Å²) in [5.41, 5.74) is 3.60. The molecule has 0 saturated carbocycles. The Kier molecular flexibility index (Phi) is 8.05. The van der Waals surface area contributed by atoms with Gasteiger partial charge in [-0.25, -0.2) is 5.43 Å². The molecule has 21 heavy (non-hydrogen) atoms. The molecule has 2 aromatic rings. The van der Waals surface area contributed by atoms with E-state index in [9.17, 15) is 4.79 Å². The van der Waals surface area contributed by atoms with Crippen LogP contribution >= 0.6 is 26.1 Å². The van der Waals surface area contributed by atoms with Gasteiger partial charge in [-0.3, -0.25) is 4.79 Å². The van der Waals surface area contributed by atoms with Crippen LogP contribution in [0.5, 0.6) is 5.75 Å². The Balaban J connectivity index is 0.00000106. The van der Waals surface area contributed by atoms with E-state index in [0.29, 0.717) is 16.9 Å². The third kappa shape index (κ3) is 5.88. The minimum absolute atomic E-state index is 0.279. The number of hydrogen-bond acceptors (Lipinski definition) is 2. The van der Waals surface area contributed by atoms with Gasteiger partial charge in [-0.15, -0.1) is 0 Å². The third-order valence-electron chi connectivity index (χ3n) is 2.42. The van der Waals surface area contributed by atoms with Crippen LogP contribution in [0.4, 0.5) is 0 Å². The molecule has 0 radical (unpaired) electrons. The van der Waals surface area contributed by atoms with Gasteiger partial charge in [0.25, 0.3) is 11.7 Å². The van der Waals surface area contributed by atoms with Crippen molar-refractivity contribution in [3.63, 3.8) is 0 Å². The molecule has 0 aliphatic rings. The zero-order chi connectivity index (χ0) is 15.7. The van der Waals surface area contributed by atoms with Gasteiger partial charge in [-0.05, 0) is 24.3 Å². The van der Waals surface area contributed by atoms with Crippen molar-refractivity contribution in [2.45, 2.75) is 0 Å². The summed E-state index contributed by atoms with van der Waals surface area (Å²) in [5, 5.41) is 11.5. The number of nitrogens with zero attached hydrogens (tertiary/aromatic N) is 1. The van der Waals surface area contributed by atoms with Crippen molar-refractivity contribution in [1.29, 1.82) is 0 Å². The number of nitrogens with one attached hydrogen (secondary N) is 1. The number of amides is 1. The monoisotopic (exact) mass is 412 g/mol. The van der Waals surface area contributed by atoms with Gasteiger partial charge in [0.05, 0.1) is 11.8 Å². The molecule has 113 valence electrons. The summed E-state index contributed by atoms with van der Waals surface area (Å²) in [5.74, 6) is 0.0688.